The first-order valence-corrected chi connectivity index (χ1v) is 8.35. The second-order valence-corrected chi connectivity index (χ2v) is 7.28. The number of halogens is 2. The number of aliphatic carboxylic acids is 1. The van der Waals surface area contributed by atoms with Gasteiger partial charge in [0.25, 0.3) is 5.92 Å². The lowest BCUT2D eigenvalue weighted by molar-refractivity contribution is -0.154. The Kier molecular flexibility index (Phi) is 4.04. The van der Waals surface area contributed by atoms with Crippen molar-refractivity contribution in [2.45, 2.75) is 51.0 Å². The average molecular weight is 344 g/mol. The van der Waals surface area contributed by atoms with Crippen LogP contribution in [0.5, 0.6) is 0 Å². The Labute approximate surface area is 138 Å². The number of likely N-dealkylation sites (tertiary alicyclic amines) is 2. The van der Waals surface area contributed by atoms with E-state index in [2.05, 4.69) is 0 Å². The molecule has 2 amide bonds. The van der Waals surface area contributed by atoms with Crippen LogP contribution in [-0.2, 0) is 14.4 Å². The summed E-state index contributed by atoms with van der Waals surface area (Å²) in [7, 11) is 0. The van der Waals surface area contributed by atoms with Gasteiger partial charge in [-0.3, -0.25) is 14.4 Å². The minimum absolute atomic E-state index is 0.0135. The zero-order chi connectivity index (χ0) is 17.7. The number of carbonyl (C=O) groups is 3. The second kappa shape index (κ2) is 5.67. The Morgan fingerprint density at radius 1 is 1.25 bits per heavy atom. The monoisotopic (exact) mass is 344 g/mol. The van der Waals surface area contributed by atoms with Gasteiger partial charge in [-0.1, -0.05) is 0 Å². The Bertz CT molecular complexity index is 563. The van der Waals surface area contributed by atoms with Crippen LogP contribution in [0.15, 0.2) is 0 Å². The van der Waals surface area contributed by atoms with Crippen LogP contribution in [0, 0.1) is 11.3 Å². The normalized spacial score (nSPS) is 27.5. The SMILES string of the molecule is CC(F)(F)C1(C(=O)N2CCC(N3CC(C(=O)O)CC3=O)CC2)CC1. The Balaban J connectivity index is 1.58. The molecule has 3 aliphatic rings. The van der Waals surface area contributed by atoms with Gasteiger partial charge in [0.15, 0.2) is 0 Å². The number of carbonyl (C=O) groups excluding carboxylic acids is 2. The van der Waals surface area contributed by atoms with Gasteiger partial charge in [-0.15, -0.1) is 0 Å². The van der Waals surface area contributed by atoms with Crippen molar-refractivity contribution in [3.05, 3.63) is 0 Å². The third-order valence-corrected chi connectivity index (χ3v) is 5.70. The van der Waals surface area contributed by atoms with E-state index in [-0.39, 0.29) is 37.8 Å². The van der Waals surface area contributed by atoms with Gasteiger partial charge < -0.3 is 14.9 Å². The first-order valence-electron chi connectivity index (χ1n) is 8.35. The van der Waals surface area contributed by atoms with Gasteiger partial charge in [-0.25, -0.2) is 8.78 Å². The number of carboxylic acid groups (broad SMARTS) is 1. The van der Waals surface area contributed by atoms with Crippen molar-refractivity contribution in [1.29, 1.82) is 0 Å². The van der Waals surface area contributed by atoms with E-state index in [1.54, 1.807) is 4.90 Å². The van der Waals surface area contributed by atoms with E-state index in [9.17, 15) is 23.2 Å². The summed E-state index contributed by atoms with van der Waals surface area (Å²) < 4.78 is 27.4. The summed E-state index contributed by atoms with van der Waals surface area (Å²) in [4.78, 5) is 38.5. The molecule has 2 heterocycles. The van der Waals surface area contributed by atoms with Crippen LogP contribution in [0.3, 0.4) is 0 Å². The van der Waals surface area contributed by atoms with E-state index < -0.39 is 29.1 Å². The molecular formula is C16H22F2N2O4. The second-order valence-electron chi connectivity index (χ2n) is 7.28. The molecule has 1 saturated carbocycles. The van der Waals surface area contributed by atoms with Gasteiger partial charge in [0.2, 0.25) is 11.8 Å². The van der Waals surface area contributed by atoms with E-state index in [0.717, 1.165) is 6.92 Å². The molecule has 1 atom stereocenters. The van der Waals surface area contributed by atoms with Crippen LogP contribution in [0.25, 0.3) is 0 Å². The van der Waals surface area contributed by atoms with Crippen molar-refractivity contribution in [2.75, 3.05) is 19.6 Å². The first-order chi connectivity index (χ1) is 11.2. The van der Waals surface area contributed by atoms with E-state index in [0.29, 0.717) is 25.9 Å². The topological polar surface area (TPSA) is 77.9 Å². The highest BCUT2D eigenvalue weighted by Gasteiger charge is 2.65. The maximum Gasteiger partial charge on any atom is 0.308 e. The number of amides is 2. The van der Waals surface area contributed by atoms with Crippen molar-refractivity contribution < 1.29 is 28.3 Å². The van der Waals surface area contributed by atoms with Gasteiger partial charge >= 0.3 is 5.97 Å². The summed E-state index contributed by atoms with van der Waals surface area (Å²) in [5.74, 6) is -5.32. The lowest BCUT2D eigenvalue weighted by Gasteiger charge is -2.39. The fourth-order valence-electron chi connectivity index (χ4n) is 3.90. The van der Waals surface area contributed by atoms with Crippen LogP contribution in [0.1, 0.15) is 39.0 Å². The average Bonchev–Trinajstić information content (AvgIpc) is 3.24. The van der Waals surface area contributed by atoms with Crippen LogP contribution in [0.4, 0.5) is 8.78 Å². The molecule has 0 aromatic rings. The van der Waals surface area contributed by atoms with Gasteiger partial charge in [0.05, 0.1) is 5.92 Å². The van der Waals surface area contributed by atoms with Gasteiger partial charge in [0.1, 0.15) is 5.41 Å². The molecule has 0 radical (unpaired) electrons. The summed E-state index contributed by atoms with van der Waals surface area (Å²) in [6, 6.07) is -0.108. The van der Waals surface area contributed by atoms with Crippen molar-refractivity contribution in [3.63, 3.8) is 0 Å². The highest BCUT2D eigenvalue weighted by atomic mass is 19.3. The lowest BCUT2D eigenvalue weighted by Crippen LogP contribution is -2.51. The van der Waals surface area contributed by atoms with Gasteiger partial charge in [-0.05, 0) is 25.7 Å². The van der Waals surface area contributed by atoms with E-state index >= 15 is 0 Å². The maximum absolute atomic E-state index is 13.7. The summed E-state index contributed by atoms with van der Waals surface area (Å²) in [5, 5.41) is 9.03. The molecule has 0 spiro atoms. The molecule has 2 saturated heterocycles. The molecule has 8 heteroatoms. The minimum atomic E-state index is -3.01. The summed E-state index contributed by atoms with van der Waals surface area (Å²) in [6.45, 7) is 1.68. The molecular weight excluding hydrogens is 322 g/mol. The number of alkyl halides is 2. The number of carboxylic acids is 1. The molecule has 3 fully saturated rings. The molecule has 0 bridgehead atoms. The van der Waals surface area contributed by atoms with E-state index in [1.165, 1.54) is 4.90 Å². The first kappa shape index (κ1) is 17.1. The zero-order valence-corrected chi connectivity index (χ0v) is 13.6. The Morgan fingerprint density at radius 2 is 1.83 bits per heavy atom. The summed E-state index contributed by atoms with van der Waals surface area (Å²) in [6.07, 6.45) is 1.48. The van der Waals surface area contributed by atoms with Gasteiger partial charge in [-0.2, -0.15) is 0 Å². The quantitative estimate of drug-likeness (QED) is 0.835. The molecule has 3 rings (SSSR count). The van der Waals surface area contributed by atoms with E-state index in [1.807, 2.05) is 0 Å². The molecule has 1 N–H and O–H groups in total. The molecule has 6 nitrogen and oxygen atoms in total. The standard InChI is InChI=1S/C16H22F2N2O4/c1-15(17,18)16(4-5-16)14(24)19-6-2-11(3-7-19)20-9-10(13(22)23)8-12(20)21/h10-11H,2-9H2,1H3,(H,22,23). The number of hydrogen-bond acceptors (Lipinski definition) is 3. The lowest BCUT2D eigenvalue weighted by atomic mass is 9.95. The van der Waals surface area contributed by atoms with Gasteiger partial charge in [0, 0.05) is 39.0 Å². The van der Waals surface area contributed by atoms with E-state index in [4.69, 9.17) is 5.11 Å². The molecule has 1 aliphatic carbocycles. The third kappa shape index (κ3) is 2.75. The smallest absolute Gasteiger partial charge is 0.308 e. The predicted octanol–water partition coefficient (Wildman–Crippen LogP) is 1.35. The highest BCUT2D eigenvalue weighted by molar-refractivity contribution is 5.87. The van der Waals surface area contributed by atoms with Crippen LogP contribution in [-0.4, -0.2) is 64.3 Å². The number of piperidine rings is 1. The zero-order valence-electron chi connectivity index (χ0n) is 13.6. The predicted molar refractivity (Wildman–Crippen MR) is 79.3 cm³/mol. The molecule has 0 aromatic carbocycles. The van der Waals surface area contributed by atoms with Crippen molar-refractivity contribution in [1.82, 2.24) is 9.80 Å². The Hall–Kier alpha value is -1.73. The fourth-order valence-corrected chi connectivity index (χ4v) is 3.90. The number of nitrogens with zero attached hydrogens (tertiary/aromatic N) is 2. The molecule has 0 aromatic heterocycles. The molecule has 1 unspecified atom stereocenters. The number of hydrogen-bond donors (Lipinski definition) is 1. The highest BCUT2D eigenvalue weighted by Crippen LogP contribution is 2.57. The fraction of sp³-hybridized carbons (Fsp3) is 0.812. The van der Waals surface area contributed by atoms with Crippen molar-refractivity contribution >= 4 is 17.8 Å². The largest absolute Gasteiger partial charge is 0.481 e. The molecule has 134 valence electrons. The Morgan fingerprint density at radius 3 is 2.25 bits per heavy atom. The molecule has 2 aliphatic heterocycles. The number of rotatable bonds is 4. The summed E-state index contributed by atoms with van der Waals surface area (Å²) in [5.41, 5.74) is -1.53. The van der Waals surface area contributed by atoms with Crippen LogP contribution in [0.2, 0.25) is 0 Å². The van der Waals surface area contributed by atoms with Crippen LogP contribution < -0.4 is 0 Å². The summed E-state index contributed by atoms with van der Waals surface area (Å²) >= 11 is 0. The molecule has 24 heavy (non-hydrogen) atoms. The maximum atomic E-state index is 13.7. The van der Waals surface area contributed by atoms with Crippen molar-refractivity contribution in [2.24, 2.45) is 11.3 Å². The third-order valence-electron chi connectivity index (χ3n) is 5.70. The van der Waals surface area contributed by atoms with Crippen LogP contribution >= 0.6 is 0 Å². The minimum Gasteiger partial charge on any atom is -0.481 e. The van der Waals surface area contributed by atoms with Crippen molar-refractivity contribution in [3.8, 4) is 0 Å².